The van der Waals surface area contributed by atoms with Gasteiger partial charge in [-0.15, -0.1) is 0 Å². The molecule has 1 fully saturated rings. The number of rotatable bonds is 3. The number of likely N-dealkylation sites (tertiary alicyclic amines) is 1. The van der Waals surface area contributed by atoms with Gasteiger partial charge in [-0.2, -0.15) is 0 Å². The van der Waals surface area contributed by atoms with Gasteiger partial charge in [0.2, 0.25) is 10.0 Å². The molecule has 22 heavy (non-hydrogen) atoms. The van der Waals surface area contributed by atoms with E-state index in [4.69, 9.17) is 5.14 Å². The summed E-state index contributed by atoms with van der Waals surface area (Å²) in [5.41, 5.74) is 2.22. The number of nitrogens with zero attached hydrogens (tertiary/aromatic N) is 2. The van der Waals surface area contributed by atoms with Crippen LogP contribution in [0.4, 0.5) is 0 Å². The van der Waals surface area contributed by atoms with Gasteiger partial charge in [0.25, 0.3) is 5.91 Å². The van der Waals surface area contributed by atoms with Gasteiger partial charge in [0.1, 0.15) is 5.82 Å². The maximum absolute atomic E-state index is 12.5. The van der Waals surface area contributed by atoms with Gasteiger partial charge in [0.15, 0.2) is 0 Å². The molecule has 2 heterocycles. The van der Waals surface area contributed by atoms with Crippen molar-refractivity contribution in [1.29, 1.82) is 0 Å². The Balaban J connectivity index is 1.75. The van der Waals surface area contributed by atoms with Crippen LogP contribution in [0.2, 0.25) is 0 Å². The standard InChI is InChI=1S/C14H18N4O3S/c1-9-16-12-3-2-11(6-13(12)17-9)14(19)18-5-4-10(7-18)8-22(15,20)21/h2-3,6,10H,4-5,7-8H2,1H3,(H,16,17)(H2,15,20,21)/t10-/m0/s1. The van der Waals surface area contributed by atoms with Crippen LogP contribution in [-0.2, 0) is 10.0 Å². The Morgan fingerprint density at radius 3 is 3.00 bits per heavy atom. The predicted molar refractivity (Wildman–Crippen MR) is 82.8 cm³/mol. The monoisotopic (exact) mass is 322 g/mol. The van der Waals surface area contributed by atoms with Crippen LogP contribution in [0.15, 0.2) is 18.2 Å². The molecule has 0 aliphatic carbocycles. The van der Waals surface area contributed by atoms with Crippen molar-refractivity contribution in [2.75, 3.05) is 18.8 Å². The second kappa shape index (κ2) is 5.36. The largest absolute Gasteiger partial charge is 0.342 e. The van der Waals surface area contributed by atoms with Gasteiger partial charge in [-0.1, -0.05) is 0 Å². The van der Waals surface area contributed by atoms with Gasteiger partial charge in [-0.25, -0.2) is 18.5 Å². The van der Waals surface area contributed by atoms with Crippen LogP contribution in [0.3, 0.4) is 0 Å². The summed E-state index contributed by atoms with van der Waals surface area (Å²) in [5.74, 6) is 0.549. The normalized spacial score (nSPS) is 19.0. The molecule has 118 valence electrons. The van der Waals surface area contributed by atoms with Crippen molar-refractivity contribution in [2.45, 2.75) is 13.3 Å². The van der Waals surface area contributed by atoms with Crippen LogP contribution in [0, 0.1) is 12.8 Å². The molecule has 0 radical (unpaired) electrons. The van der Waals surface area contributed by atoms with E-state index >= 15 is 0 Å². The fourth-order valence-electron chi connectivity index (χ4n) is 2.93. The van der Waals surface area contributed by atoms with Gasteiger partial charge in [-0.05, 0) is 37.5 Å². The molecule has 2 aromatic rings. The number of fused-ring (bicyclic) bond motifs is 1. The highest BCUT2D eigenvalue weighted by Crippen LogP contribution is 2.21. The highest BCUT2D eigenvalue weighted by Gasteiger charge is 2.29. The number of H-pyrrole nitrogens is 1. The average Bonchev–Trinajstić information content (AvgIpc) is 3.00. The molecule has 1 aliphatic heterocycles. The van der Waals surface area contributed by atoms with Crippen molar-refractivity contribution in [3.05, 3.63) is 29.6 Å². The lowest BCUT2D eigenvalue weighted by Gasteiger charge is -2.16. The third-order valence-corrected chi connectivity index (χ3v) is 4.82. The number of primary sulfonamides is 1. The molecular formula is C14H18N4O3S. The van der Waals surface area contributed by atoms with E-state index in [0.717, 1.165) is 16.9 Å². The lowest BCUT2D eigenvalue weighted by Crippen LogP contribution is -2.30. The van der Waals surface area contributed by atoms with Crippen LogP contribution in [-0.4, -0.2) is 48.0 Å². The number of imidazole rings is 1. The number of aromatic nitrogens is 2. The average molecular weight is 322 g/mol. The molecule has 0 bridgehead atoms. The molecule has 1 aliphatic rings. The second-order valence-corrected chi connectivity index (χ2v) is 7.45. The van der Waals surface area contributed by atoms with Crippen LogP contribution >= 0.6 is 0 Å². The molecule has 1 aromatic carbocycles. The van der Waals surface area contributed by atoms with Crippen LogP contribution in [0.5, 0.6) is 0 Å². The lowest BCUT2D eigenvalue weighted by molar-refractivity contribution is 0.0788. The summed E-state index contributed by atoms with van der Waals surface area (Å²) in [6.07, 6.45) is 0.660. The summed E-state index contributed by atoms with van der Waals surface area (Å²) in [6.45, 7) is 2.84. The highest BCUT2D eigenvalue weighted by atomic mass is 32.2. The topological polar surface area (TPSA) is 109 Å². The first-order valence-electron chi connectivity index (χ1n) is 7.08. The fourth-order valence-corrected chi connectivity index (χ4v) is 3.86. The Kier molecular flexibility index (Phi) is 3.65. The lowest BCUT2D eigenvalue weighted by atomic mass is 10.1. The smallest absolute Gasteiger partial charge is 0.253 e. The quantitative estimate of drug-likeness (QED) is 0.863. The summed E-state index contributed by atoms with van der Waals surface area (Å²) in [4.78, 5) is 21.6. The van der Waals surface area contributed by atoms with Gasteiger partial charge >= 0.3 is 0 Å². The number of nitrogens with one attached hydrogen (secondary N) is 1. The van der Waals surface area contributed by atoms with E-state index in [2.05, 4.69) is 9.97 Å². The molecule has 0 spiro atoms. The van der Waals surface area contributed by atoms with Crippen molar-refractivity contribution in [1.82, 2.24) is 14.9 Å². The Morgan fingerprint density at radius 1 is 1.50 bits per heavy atom. The van der Waals surface area contributed by atoms with Crippen molar-refractivity contribution in [3.8, 4) is 0 Å². The van der Waals surface area contributed by atoms with E-state index in [0.29, 0.717) is 25.1 Å². The number of aromatic amines is 1. The van der Waals surface area contributed by atoms with Gasteiger partial charge in [-0.3, -0.25) is 4.79 Å². The summed E-state index contributed by atoms with van der Waals surface area (Å²) < 4.78 is 22.3. The Hall–Kier alpha value is -1.93. The zero-order chi connectivity index (χ0) is 15.9. The van der Waals surface area contributed by atoms with Crippen LogP contribution in [0.1, 0.15) is 22.6 Å². The summed E-state index contributed by atoms with van der Waals surface area (Å²) in [7, 11) is -3.50. The minimum absolute atomic E-state index is 0.0739. The van der Waals surface area contributed by atoms with E-state index in [1.165, 1.54) is 0 Å². The second-order valence-electron chi connectivity index (χ2n) is 5.79. The zero-order valence-corrected chi connectivity index (χ0v) is 13.1. The Morgan fingerprint density at radius 2 is 2.27 bits per heavy atom. The van der Waals surface area contributed by atoms with E-state index in [1.54, 1.807) is 17.0 Å². The fraction of sp³-hybridized carbons (Fsp3) is 0.429. The third-order valence-electron chi connectivity index (χ3n) is 3.89. The predicted octanol–water partition coefficient (Wildman–Crippen LogP) is 0.622. The van der Waals surface area contributed by atoms with Crippen molar-refractivity contribution < 1.29 is 13.2 Å². The van der Waals surface area contributed by atoms with Gasteiger partial charge < -0.3 is 9.88 Å². The van der Waals surface area contributed by atoms with Crippen LogP contribution < -0.4 is 5.14 Å². The molecule has 0 unspecified atom stereocenters. The molecule has 8 heteroatoms. The molecule has 3 rings (SSSR count). The molecule has 1 aromatic heterocycles. The first kappa shape index (κ1) is 15.0. The number of aryl methyl sites for hydroxylation is 1. The SMILES string of the molecule is Cc1nc2ccc(C(=O)N3CC[C@H](CS(N)(=O)=O)C3)cc2[nH]1. The van der Waals surface area contributed by atoms with Crippen molar-refractivity contribution >= 4 is 27.0 Å². The number of hydrogen-bond donors (Lipinski definition) is 2. The number of carbonyl (C=O) groups is 1. The molecule has 1 saturated heterocycles. The van der Waals surface area contributed by atoms with E-state index in [-0.39, 0.29) is 17.6 Å². The molecule has 0 saturated carbocycles. The first-order chi connectivity index (χ1) is 10.3. The summed E-state index contributed by atoms with van der Waals surface area (Å²) in [6, 6.07) is 5.34. The minimum atomic E-state index is -3.50. The zero-order valence-electron chi connectivity index (χ0n) is 12.2. The Labute approximate surface area is 128 Å². The maximum Gasteiger partial charge on any atom is 0.253 e. The number of benzene rings is 1. The molecule has 3 N–H and O–H groups in total. The first-order valence-corrected chi connectivity index (χ1v) is 8.79. The van der Waals surface area contributed by atoms with E-state index < -0.39 is 10.0 Å². The van der Waals surface area contributed by atoms with Crippen LogP contribution in [0.25, 0.3) is 11.0 Å². The van der Waals surface area contributed by atoms with Gasteiger partial charge in [0, 0.05) is 18.7 Å². The maximum atomic E-state index is 12.5. The number of nitrogens with two attached hydrogens (primary N) is 1. The van der Waals surface area contributed by atoms with E-state index in [9.17, 15) is 13.2 Å². The minimum Gasteiger partial charge on any atom is -0.342 e. The molecule has 1 atom stereocenters. The molecular weight excluding hydrogens is 304 g/mol. The Bertz CT molecular complexity index is 828. The number of hydrogen-bond acceptors (Lipinski definition) is 4. The number of sulfonamides is 1. The summed E-state index contributed by atoms with van der Waals surface area (Å²) >= 11 is 0. The van der Waals surface area contributed by atoms with E-state index in [1.807, 2.05) is 13.0 Å². The van der Waals surface area contributed by atoms with Crippen molar-refractivity contribution in [2.24, 2.45) is 11.1 Å². The molecule has 1 amide bonds. The number of carbonyl (C=O) groups excluding carboxylic acids is 1. The molecule has 7 nitrogen and oxygen atoms in total. The van der Waals surface area contributed by atoms with Gasteiger partial charge in [0.05, 0.1) is 16.8 Å². The number of amides is 1. The highest BCUT2D eigenvalue weighted by molar-refractivity contribution is 7.89. The van der Waals surface area contributed by atoms with Crippen molar-refractivity contribution in [3.63, 3.8) is 0 Å². The summed E-state index contributed by atoms with van der Waals surface area (Å²) in [5, 5.41) is 5.07. The third kappa shape index (κ3) is 3.12.